The van der Waals surface area contributed by atoms with Crippen molar-refractivity contribution >= 4 is 17.7 Å². The van der Waals surface area contributed by atoms with Crippen molar-refractivity contribution in [2.24, 2.45) is 0 Å². The van der Waals surface area contributed by atoms with Gasteiger partial charge in [-0.15, -0.1) is 11.8 Å². The summed E-state index contributed by atoms with van der Waals surface area (Å²) in [6.45, 7) is 0.639. The first-order valence-corrected chi connectivity index (χ1v) is 7.33. The van der Waals surface area contributed by atoms with Gasteiger partial charge in [-0.3, -0.25) is 9.78 Å². The summed E-state index contributed by atoms with van der Waals surface area (Å²) in [5.41, 5.74) is 1.88. The molecule has 0 aliphatic heterocycles. The molecule has 0 radical (unpaired) electrons. The third-order valence-corrected chi connectivity index (χ3v) is 3.54. The van der Waals surface area contributed by atoms with Crippen LogP contribution in [0.2, 0.25) is 0 Å². The molecule has 1 aromatic heterocycles. The number of thioether (sulfide) groups is 1. The van der Waals surface area contributed by atoms with E-state index in [-0.39, 0.29) is 5.91 Å². The fourth-order valence-corrected chi connectivity index (χ4v) is 2.13. The number of hydrogen-bond acceptors (Lipinski definition) is 3. The Morgan fingerprint density at radius 3 is 2.47 bits per heavy atom. The second-order valence-corrected chi connectivity index (χ2v) is 4.97. The monoisotopic (exact) mass is 272 g/mol. The van der Waals surface area contributed by atoms with E-state index in [1.165, 1.54) is 10.5 Å². The van der Waals surface area contributed by atoms with E-state index in [4.69, 9.17) is 0 Å². The van der Waals surface area contributed by atoms with Gasteiger partial charge in [-0.25, -0.2) is 0 Å². The van der Waals surface area contributed by atoms with Gasteiger partial charge in [-0.1, -0.05) is 12.1 Å². The van der Waals surface area contributed by atoms with E-state index < -0.39 is 0 Å². The highest BCUT2D eigenvalue weighted by Crippen LogP contribution is 2.14. The zero-order valence-corrected chi connectivity index (χ0v) is 11.6. The summed E-state index contributed by atoms with van der Waals surface area (Å²) >= 11 is 1.73. The van der Waals surface area contributed by atoms with Crippen LogP contribution in [0.1, 0.15) is 15.9 Å². The van der Waals surface area contributed by atoms with Gasteiger partial charge < -0.3 is 5.32 Å². The molecule has 2 aromatic rings. The van der Waals surface area contributed by atoms with Crippen molar-refractivity contribution in [2.45, 2.75) is 11.3 Å². The minimum atomic E-state index is -0.0527. The number of nitrogens with zero attached hydrogens (tertiary/aromatic N) is 1. The molecule has 0 atom stereocenters. The fraction of sp³-hybridized carbons (Fsp3) is 0.200. The maximum absolute atomic E-state index is 11.8. The fourth-order valence-electron chi connectivity index (χ4n) is 1.72. The van der Waals surface area contributed by atoms with Gasteiger partial charge in [0.25, 0.3) is 5.91 Å². The number of pyridine rings is 1. The van der Waals surface area contributed by atoms with Crippen molar-refractivity contribution in [2.75, 3.05) is 12.8 Å². The lowest BCUT2D eigenvalue weighted by Crippen LogP contribution is -2.25. The predicted octanol–water partition coefficient (Wildman–Crippen LogP) is 2.78. The van der Waals surface area contributed by atoms with Crippen LogP contribution in [0, 0.1) is 0 Å². The van der Waals surface area contributed by atoms with Gasteiger partial charge in [0, 0.05) is 29.4 Å². The van der Waals surface area contributed by atoms with Gasteiger partial charge in [0.2, 0.25) is 0 Å². The van der Waals surface area contributed by atoms with Crippen molar-refractivity contribution in [3.05, 3.63) is 59.9 Å². The number of carbonyl (C=O) groups excluding carboxylic acids is 1. The summed E-state index contributed by atoms with van der Waals surface area (Å²) in [7, 11) is 0. The second-order valence-electron chi connectivity index (χ2n) is 4.09. The Hall–Kier alpha value is -1.81. The molecule has 1 aromatic carbocycles. The van der Waals surface area contributed by atoms with Crippen molar-refractivity contribution in [1.29, 1.82) is 0 Å². The molecule has 0 fully saturated rings. The van der Waals surface area contributed by atoms with Crippen LogP contribution in [0.15, 0.2) is 53.7 Å². The standard InChI is InChI=1S/C15H16N2OS/c1-19-14-4-2-12(3-5-14)6-11-17-15(18)13-7-9-16-10-8-13/h2-5,7-10H,6,11H2,1H3,(H,17,18). The molecule has 1 heterocycles. The number of carbonyl (C=O) groups is 1. The van der Waals surface area contributed by atoms with Crippen LogP contribution in [0.4, 0.5) is 0 Å². The summed E-state index contributed by atoms with van der Waals surface area (Å²) in [6.07, 6.45) is 6.14. The number of amides is 1. The molecule has 4 heteroatoms. The summed E-state index contributed by atoms with van der Waals surface area (Å²) in [5, 5.41) is 2.90. The van der Waals surface area contributed by atoms with Crippen molar-refractivity contribution in [3.63, 3.8) is 0 Å². The average molecular weight is 272 g/mol. The Bertz CT molecular complexity index is 526. The molecule has 0 saturated carbocycles. The third kappa shape index (κ3) is 4.10. The highest BCUT2D eigenvalue weighted by molar-refractivity contribution is 7.98. The Morgan fingerprint density at radius 2 is 1.84 bits per heavy atom. The zero-order valence-electron chi connectivity index (χ0n) is 10.8. The topological polar surface area (TPSA) is 42.0 Å². The average Bonchev–Trinajstić information content (AvgIpc) is 2.49. The van der Waals surface area contributed by atoms with E-state index >= 15 is 0 Å². The van der Waals surface area contributed by atoms with E-state index in [9.17, 15) is 4.79 Å². The summed E-state index contributed by atoms with van der Waals surface area (Å²) < 4.78 is 0. The summed E-state index contributed by atoms with van der Waals surface area (Å²) in [4.78, 5) is 16.9. The van der Waals surface area contributed by atoms with Crippen LogP contribution in [0.25, 0.3) is 0 Å². The van der Waals surface area contributed by atoms with E-state index in [1.54, 1.807) is 36.3 Å². The maximum atomic E-state index is 11.8. The molecule has 19 heavy (non-hydrogen) atoms. The van der Waals surface area contributed by atoms with Gasteiger partial charge in [-0.05, 0) is 42.5 Å². The molecule has 1 N–H and O–H groups in total. The second kappa shape index (κ2) is 6.95. The van der Waals surface area contributed by atoms with Gasteiger partial charge in [0.05, 0.1) is 0 Å². The van der Waals surface area contributed by atoms with Crippen LogP contribution in [0.3, 0.4) is 0 Å². The van der Waals surface area contributed by atoms with Crippen LogP contribution in [-0.2, 0) is 6.42 Å². The third-order valence-electron chi connectivity index (χ3n) is 2.80. The molecule has 0 aliphatic carbocycles. The van der Waals surface area contributed by atoms with Crippen LogP contribution < -0.4 is 5.32 Å². The Labute approximate surface area is 117 Å². The minimum absolute atomic E-state index is 0.0527. The zero-order chi connectivity index (χ0) is 13.5. The predicted molar refractivity (Wildman–Crippen MR) is 78.5 cm³/mol. The lowest BCUT2D eigenvalue weighted by atomic mass is 10.1. The van der Waals surface area contributed by atoms with E-state index in [0.29, 0.717) is 12.1 Å². The van der Waals surface area contributed by atoms with E-state index in [0.717, 1.165) is 6.42 Å². The first-order valence-electron chi connectivity index (χ1n) is 6.11. The molecule has 0 bridgehead atoms. The number of benzene rings is 1. The van der Waals surface area contributed by atoms with Crippen molar-refractivity contribution in [1.82, 2.24) is 10.3 Å². The minimum Gasteiger partial charge on any atom is -0.352 e. The summed E-state index contributed by atoms with van der Waals surface area (Å²) in [5.74, 6) is -0.0527. The molecular formula is C15H16N2OS. The van der Waals surface area contributed by atoms with Crippen molar-refractivity contribution in [3.8, 4) is 0 Å². The lowest BCUT2D eigenvalue weighted by Gasteiger charge is -2.05. The van der Waals surface area contributed by atoms with Crippen LogP contribution in [0.5, 0.6) is 0 Å². The summed E-state index contributed by atoms with van der Waals surface area (Å²) in [6, 6.07) is 11.8. The number of nitrogens with one attached hydrogen (secondary N) is 1. The molecular weight excluding hydrogens is 256 g/mol. The van der Waals surface area contributed by atoms with Crippen molar-refractivity contribution < 1.29 is 4.79 Å². The Kier molecular flexibility index (Phi) is 4.98. The molecule has 0 spiro atoms. The highest BCUT2D eigenvalue weighted by atomic mass is 32.2. The molecule has 1 amide bonds. The van der Waals surface area contributed by atoms with Gasteiger partial charge in [0.15, 0.2) is 0 Å². The van der Waals surface area contributed by atoms with Crippen LogP contribution >= 0.6 is 11.8 Å². The van der Waals surface area contributed by atoms with Crippen LogP contribution in [-0.4, -0.2) is 23.7 Å². The lowest BCUT2D eigenvalue weighted by molar-refractivity contribution is 0.0954. The Balaban J connectivity index is 1.81. The molecule has 98 valence electrons. The molecule has 0 aliphatic rings. The molecule has 2 rings (SSSR count). The normalized spacial score (nSPS) is 10.2. The largest absolute Gasteiger partial charge is 0.352 e. The number of rotatable bonds is 5. The quantitative estimate of drug-likeness (QED) is 0.851. The first-order chi connectivity index (χ1) is 9.29. The van der Waals surface area contributed by atoms with Gasteiger partial charge in [0.1, 0.15) is 0 Å². The van der Waals surface area contributed by atoms with Gasteiger partial charge in [-0.2, -0.15) is 0 Å². The van der Waals surface area contributed by atoms with E-state index in [2.05, 4.69) is 40.8 Å². The maximum Gasteiger partial charge on any atom is 0.251 e. The highest BCUT2D eigenvalue weighted by Gasteiger charge is 2.03. The van der Waals surface area contributed by atoms with E-state index in [1.807, 2.05) is 0 Å². The molecule has 0 saturated heterocycles. The number of hydrogen-bond donors (Lipinski definition) is 1. The number of aromatic nitrogens is 1. The SMILES string of the molecule is CSc1ccc(CCNC(=O)c2ccncc2)cc1. The molecule has 0 unspecified atom stereocenters. The smallest absolute Gasteiger partial charge is 0.251 e. The molecule has 3 nitrogen and oxygen atoms in total. The first kappa shape index (κ1) is 13.6. The van der Waals surface area contributed by atoms with Gasteiger partial charge >= 0.3 is 0 Å². The Morgan fingerprint density at radius 1 is 1.16 bits per heavy atom.